The number of hydrogen-bond donors (Lipinski definition) is 0. The first-order chi connectivity index (χ1) is 8.15. The molecule has 7 nitrogen and oxygen atoms in total. The van der Waals surface area contributed by atoms with Gasteiger partial charge in [0.05, 0.1) is 7.05 Å². The summed E-state index contributed by atoms with van der Waals surface area (Å²) in [7, 11) is 1.49. The van der Waals surface area contributed by atoms with Crippen molar-refractivity contribution in [3.8, 4) is 0 Å². The van der Waals surface area contributed by atoms with Crippen molar-refractivity contribution in [3.63, 3.8) is 0 Å². The molecule has 0 bridgehead atoms. The van der Waals surface area contributed by atoms with Gasteiger partial charge in [-0.25, -0.2) is 18.7 Å². The van der Waals surface area contributed by atoms with Crippen molar-refractivity contribution in [2.24, 2.45) is 7.05 Å². The number of hydrogen-bond acceptors (Lipinski definition) is 6. The van der Waals surface area contributed by atoms with E-state index in [1.54, 1.807) is 11.6 Å². The van der Waals surface area contributed by atoms with E-state index >= 15 is 0 Å². The Morgan fingerprint density at radius 2 is 2.35 bits per heavy atom. The summed E-state index contributed by atoms with van der Waals surface area (Å²) in [6, 6.07) is 0. The zero-order chi connectivity index (χ0) is 12.4. The monoisotopic (exact) mass is 270 g/mol. The molecule has 0 saturated heterocycles. The molecule has 0 unspecified atom stereocenters. The Morgan fingerprint density at radius 1 is 1.59 bits per heavy atom. The van der Waals surface area contributed by atoms with Crippen molar-refractivity contribution < 1.29 is 9.13 Å². The lowest BCUT2D eigenvalue weighted by atomic mass is 10.4. The van der Waals surface area contributed by atoms with Gasteiger partial charge in [-0.15, -0.1) is 11.3 Å². The highest BCUT2D eigenvalue weighted by atomic mass is 32.1. The normalized spacial score (nSPS) is 10.2. The molecule has 17 heavy (non-hydrogen) atoms. The van der Waals surface area contributed by atoms with E-state index in [9.17, 15) is 14.3 Å². The van der Waals surface area contributed by atoms with Crippen molar-refractivity contribution in [2.75, 3.05) is 0 Å². The van der Waals surface area contributed by atoms with E-state index in [1.165, 1.54) is 23.0 Å². The van der Waals surface area contributed by atoms with Crippen LogP contribution in [0, 0.1) is 10.1 Å². The average Bonchev–Trinajstić information content (AvgIpc) is 2.91. The summed E-state index contributed by atoms with van der Waals surface area (Å²) < 4.78 is 12.3. The zero-order valence-electron chi connectivity index (χ0n) is 8.56. The van der Waals surface area contributed by atoms with Crippen LogP contribution in [0.5, 0.6) is 0 Å². The molecule has 9 heteroatoms. The summed E-state index contributed by atoms with van der Waals surface area (Å²) in [4.78, 5) is 18.3. The van der Waals surface area contributed by atoms with Gasteiger partial charge in [-0.05, 0) is 4.92 Å². The van der Waals surface area contributed by atoms with E-state index in [-0.39, 0.29) is 27.8 Å². The molecule has 0 spiro atoms. The van der Waals surface area contributed by atoms with Crippen LogP contribution >= 0.6 is 11.3 Å². The Morgan fingerprint density at radius 3 is 2.82 bits per heavy atom. The Bertz CT molecular complexity index is 613. The van der Waals surface area contributed by atoms with Gasteiger partial charge < -0.3 is 10.1 Å². The number of aromatic nitrogens is 3. The van der Waals surface area contributed by atoms with E-state index in [0.29, 0.717) is 5.01 Å². The topological polar surface area (TPSA) is 90.9 Å². The fraction of sp³-hybridized carbons (Fsp3) is 0.125. The molecule has 0 atom stereocenters. The Kier molecular flexibility index (Phi) is 3.11. The molecule has 0 aliphatic rings. The second-order valence-corrected chi connectivity index (χ2v) is 4.48. The highest BCUT2D eigenvalue weighted by Crippen LogP contribution is 2.16. The summed E-state index contributed by atoms with van der Waals surface area (Å²) in [6.07, 6.45) is 2.69. The van der Waals surface area contributed by atoms with Crippen LogP contribution in [0.3, 0.4) is 0 Å². The lowest BCUT2D eigenvalue weighted by Gasteiger charge is -1.97. The quantitative estimate of drug-likeness (QED) is 0.352. The molecule has 2 aromatic rings. The van der Waals surface area contributed by atoms with Gasteiger partial charge in [0.1, 0.15) is 22.5 Å². The Labute approximate surface area is 103 Å². The smallest absolute Gasteiger partial charge is 0.342 e. The van der Waals surface area contributed by atoms with E-state index < -0.39 is 4.92 Å². The van der Waals surface area contributed by atoms with Crippen molar-refractivity contribution in [1.29, 1.82) is 0 Å². The number of rotatable bonds is 3. The highest BCUT2D eigenvalue weighted by Gasteiger charge is 2.23. The fourth-order valence-corrected chi connectivity index (χ4v) is 2.49. The molecule has 0 radical (unpaired) electrons. The molecule has 2 aromatic heterocycles. The lowest BCUT2D eigenvalue weighted by molar-refractivity contribution is -0.391. The SMILES string of the molecule is Cn1c([N+](=O)[O-])cnc1C(=S=O)c1nccs1. The van der Waals surface area contributed by atoms with Crippen LogP contribution in [0.25, 0.3) is 0 Å². The molecular weight excluding hydrogens is 264 g/mol. The summed E-state index contributed by atoms with van der Waals surface area (Å²) in [5, 5.41) is 12.9. The van der Waals surface area contributed by atoms with Crippen LogP contribution in [0.15, 0.2) is 17.8 Å². The van der Waals surface area contributed by atoms with Crippen LogP contribution in [0.2, 0.25) is 0 Å². The van der Waals surface area contributed by atoms with Crippen molar-refractivity contribution in [1.82, 2.24) is 14.5 Å². The van der Waals surface area contributed by atoms with Gasteiger partial charge in [0.25, 0.3) is 0 Å². The predicted molar refractivity (Wildman–Crippen MR) is 63.3 cm³/mol. The Balaban J connectivity index is 2.54. The van der Waals surface area contributed by atoms with Gasteiger partial charge in [0.15, 0.2) is 4.86 Å². The molecule has 0 aliphatic heterocycles. The van der Waals surface area contributed by atoms with Gasteiger partial charge in [-0.3, -0.25) is 0 Å². The highest BCUT2D eigenvalue weighted by molar-refractivity contribution is 7.68. The molecule has 2 rings (SSSR count). The van der Waals surface area contributed by atoms with Crippen molar-refractivity contribution in [3.05, 3.63) is 38.7 Å². The molecule has 88 valence electrons. The number of imidazole rings is 1. The number of nitro groups is 1. The van der Waals surface area contributed by atoms with Crippen LogP contribution < -0.4 is 0 Å². The van der Waals surface area contributed by atoms with E-state index in [0.717, 1.165) is 6.20 Å². The summed E-state index contributed by atoms with van der Waals surface area (Å²) in [5.74, 6) is 0.0924. The van der Waals surface area contributed by atoms with Crippen LogP contribution in [-0.2, 0) is 18.3 Å². The minimum atomic E-state index is -0.550. The second kappa shape index (κ2) is 4.55. The van der Waals surface area contributed by atoms with Gasteiger partial charge >= 0.3 is 5.82 Å². The number of nitrogens with zero attached hydrogens (tertiary/aromatic N) is 4. The summed E-state index contributed by atoms with van der Waals surface area (Å²) >= 11 is 1.51. The van der Waals surface area contributed by atoms with E-state index in [2.05, 4.69) is 9.97 Å². The predicted octanol–water partition coefficient (Wildman–Crippen LogP) is 0.567. The maximum Gasteiger partial charge on any atom is 0.342 e. The largest absolute Gasteiger partial charge is 0.358 e. The minimum Gasteiger partial charge on any atom is -0.358 e. The summed E-state index contributed by atoms with van der Waals surface area (Å²) in [5.41, 5.74) is 0. The third-order valence-corrected chi connectivity index (χ3v) is 3.53. The molecular formula is C8H6N4O3S2. The van der Waals surface area contributed by atoms with Crippen LogP contribution in [-0.4, -0.2) is 28.5 Å². The van der Waals surface area contributed by atoms with Gasteiger partial charge in [0, 0.05) is 11.6 Å². The third kappa shape index (κ3) is 2.01. The molecule has 0 amide bonds. The molecule has 2 heterocycles. The van der Waals surface area contributed by atoms with Crippen LogP contribution in [0.1, 0.15) is 10.8 Å². The van der Waals surface area contributed by atoms with Crippen molar-refractivity contribution in [2.45, 2.75) is 0 Å². The van der Waals surface area contributed by atoms with Gasteiger partial charge in [-0.2, -0.15) is 0 Å². The Hall–Kier alpha value is -1.87. The fourth-order valence-electron chi connectivity index (χ4n) is 1.29. The molecule has 0 aliphatic carbocycles. The van der Waals surface area contributed by atoms with Crippen LogP contribution in [0.4, 0.5) is 5.82 Å². The molecule has 0 saturated carbocycles. The van der Waals surface area contributed by atoms with Crippen molar-refractivity contribution >= 4 is 33.3 Å². The minimum absolute atomic E-state index is 0.164. The van der Waals surface area contributed by atoms with E-state index in [4.69, 9.17) is 0 Å². The van der Waals surface area contributed by atoms with Gasteiger partial charge in [-0.1, -0.05) is 0 Å². The third-order valence-electron chi connectivity index (χ3n) is 2.06. The average molecular weight is 270 g/mol. The van der Waals surface area contributed by atoms with Gasteiger partial charge in [0.2, 0.25) is 5.82 Å². The maximum absolute atomic E-state index is 11.1. The zero-order valence-corrected chi connectivity index (χ0v) is 10.2. The first-order valence-electron chi connectivity index (χ1n) is 4.38. The second-order valence-electron chi connectivity index (χ2n) is 3.01. The standard InChI is InChI=1S/C8H6N4O3S2/c1-11-5(12(13)14)4-10-7(11)6(17-15)8-9-2-3-16-8/h2-4H,1H3. The van der Waals surface area contributed by atoms with E-state index in [1.807, 2.05) is 0 Å². The molecule has 0 N–H and O–H groups in total. The molecule has 0 fully saturated rings. The summed E-state index contributed by atoms with van der Waals surface area (Å²) in [6.45, 7) is 0. The molecule has 0 aromatic carbocycles. The first kappa shape index (κ1) is 11.6. The maximum atomic E-state index is 11.1. The first-order valence-corrected chi connectivity index (χ1v) is 6.00. The lowest BCUT2D eigenvalue weighted by Crippen LogP contribution is -2.11. The number of thiazole rings is 1.